The number of epoxide rings is 1. The van der Waals surface area contributed by atoms with Crippen LogP contribution in [0.2, 0.25) is 0 Å². The molecule has 1 aliphatic heterocycles. The van der Waals surface area contributed by atoms with Crippen molar-refractivity contribution in [2.45, 2.75) is 63.9 Å². The maximum atomic E-state index is 6.50. The predicted octanol–water partition coefficient (Wildman–Crippen LogP) is 4.24. The molecule has 3 aliphatic rings. The number of hydrogen-bond donors (Lipinski definition) is 0. The summed E-state index contributed by atoms with van der Waals surface area (Å²) in [4.78, 5) is 0. The van der Waals surface area contributed by atoms with Gasteiger partial charge >= 0.3 is 0 Å². The third-order valence-corrected chi connectivity index (χ3v) is 6.77. The zero-order valence-electron chi connectivity index (χ0n) is 11.3. The lowest BCUT2D eigenvalue weighted by atomic mass is 9.54. The number of ether oxygens (including phenoxy) is 1. The standard InChI is InChI=1S/C15H25ClO/c1-10-12-8-11(15(3)9-17-15)4-6-14(12,2)7-5-13(10)16/h10-13H,4-9H2,1-3H3/t10-,11+,12-,13+,14-,15?/m0/s1. The van der Waals surface area contributed by atoms with Crippen LogP contribution in [0.4, 0.5) is 0 Å². The molecule has 0 N–H and O–H groups in total. The average molecular weight is 257 g/mol. The Balaban J connectivity index is 1.78. The molecule has 1 nitrogen and oxygen atoms in total. The van der Waals surface area contributed by atoms with E-state index in [4.69, 9.17) is 16.3 Å². The monoisotopic (exact) mass is 256 g/mol. The summed E-state index contributed by atoms with van der Waals surface area (Å²) in [5.74, 6) is 2.28. The molecule has 98 valence electrons. The number of fused-ring (bicyclic) bond motifs is 1. The highest BCUT2D eigenvalue weighted by molar-refractivity contribution is 6.20. The van der Waals surface area contributed by atoms with Gasteiger partial charge in [-0.25, -0.2) is 0 Å². The highest BCUT2D eigenvalue weighted by atomic mass is 35.5. The number of hydrogen-bond acceptors (Lipinski definition) is 1. The van der Waals surface area contributed by atoms with E-state index in [1.807, 2.05) is 0 Å². The molecule has 0 aromatic carbocycles. The van der Waals surface area contributed by atoms with Gasteiger partial charge in [-0.2, -0.15) is 0 Å². The van der Waals surface area contributed by atoms with Crippen molar-refractivity contribution in [3.63, 3.8) is 0 Å². The normalized spacial score (nSPS) is 58.6. The second kappa shape index (κ2) is 3.87. The lowest BCUT2D eigenvalue weighted by Gasteiger charge is -2.52. The Labute approximate surface area is 110 Å². The van der Waals surface area contributed by atoms with Gasteiger partial charge in [0.1, 0.15) is 0 Å². The summed E-state index contributed by atoms with van der Waals surface area (Å²) in [6.07, 6.45) is 6.64. The Morgan fingerprint density at radius 1 is 1.18 bits per heavy atom. The molecule has 3 fully saturated rings. The molecular formula is C15H25ClO. The minimum atomic E-state index is 0.223. The molecule has 2 heteroatoms. The van der Waals surface area contributed by atoms with Gasteiger partial charge in [-0.1, -0.05) is 13.8 Å². The Bertz CT molecular complexity index is 312. The summed E-state index contributed by atoms with van der Waals surface area (Å²) in [6.45, 7) is 8.16. The summed E-state index contributed by atoms with van der Waals surface area (Å²) in [7, 11) is 0. The van der Waals surface area contributed by atoms with Crippen molar-refractivity contribution < 1.29 is 4.74 Å². The van der Waals surface area contributed by atoms with Crippen LogP contribution in [-0.2, 0) is 4.74 Å². The first-order chi connectivity index (χ1) is 7.95. The van der Waals surface area contributed by atoms with Crippen LogP contribution in [0.15, 0.2) is 0 Å². The maximum Gasteiger partial charge on any atom is 0.0916 e. The molecule has 0 spiro atoms. The van der Waals surface area contributed by atoms with Crippen LogP contribution in [-0.4, -0.2) is 17.6 Å². The van der Waals surface area contributed by atoms with Crippen LogP contribution in [0, 0.1) is 23.2 Å². The molecule has 0 bridgehead atoms. The van der Waals surface area contributed by atoms with Gasteiger partial charge in [-0.05, 0) is 62.2 Å². The van der Waals surface area contributed by atoms with Crippen molar-refractivity contribution in [3.05, 3.63) is 0 Å². The van der Waals surface area contributed by atoms with Crippen molar-refractivity contribution in [3.8, 4) is 0 Å². The van der Waals surface area contributed by atoms with E-state index in [-0.39, 0.29) is 5.60 Å². The maximum absolute atomic E-state index is 6.50. The van der Waals surface area contributed by atoms with Gasteiger partial charge in [-0.15, -0.1) is 11.6 Å². The molecule has 0 aromatic rings. The van der Waals surface area contributed by atoms with Crippen LogP contribution >= 0.6 is 11.6 Å². The molecule has 1 saturated heterocycles. The molecule has 6 atom stereocenters. The minimum Gasteiger partial charge on any atom is -0.370 e. The average Bonchev–Trinajstić information content (AvgIpc) is 3.04. The highest BCUT2D eigenvalue weighted by Crippen LogP contribution is 2.58. The lowest BCUT2D eigenvalue weighted by molar-refractivity contribution is -0.0145. The van der Waals surface area contributed by atoms with E-state index < -0.39 is 0 Å². The fourth-order valence-electron chi connectivity index (χ4n) is 4.44. The van der Waals surface area contributed by atoms with Crippen LogP contribution in [0.25, 0.3) is 0 Å². The predicted molar refractivity (Wildman–Crippen MR) is 71.3 cm³/mol. The summed E-state index contributed by atoms with van der Waals surface area (Å²) in [5.41, 5.74) is 0.785. The lowest BCUT2D eigenvalue weighted by Crippen LogP contribution is -2.46. The van der Waals surface area contributed by atoms with Gasteiger partial charge in [0, 0.05) is 5.38 Å². The molecule has 1 heterocycles. The van der Waals surface area contributed by atoms with Crippen LogP contribution in [0.5, 0.6) is 0 Å². The Hall–Kier alpha value is 0.250. The third kappa shape index (κ3) is 1.94. The van der Waals surface area contributed by atoms with E-state index in [0.29, 0.717) is 16.7 Å². The first kappa shape index (κ1) is 12.3. The summed E-state index contributed by atoms with van der Waals surface area (Å²) in [6, 6.07) is 0. The van der Waals surface area contributed by atoms with E-state index >= 15 is 0 Å². The van der Waals surface area contributed by atoms with Crippen LogP contribution < -0.4 is 0 Å². The molecule has 2 saturated carbocycles. The zero-order chi connectivity index (χ0) is 12.3. The van der Waals surface area contributed by atoms with E-state index in [9.17, 15) is 0 Å². The SMILES string of the molecule is C[C@@H]1[C@H](Cl)CC[C@]2(C)CC[C@@H](C3(C)CO3)C[C@@H]12. The van der Waals surface area contributed by atoms with Gasteiger partial charge < -0.3 is 4.74 Å². The second-order valence-electron chi connectivity index (χ2n) is 7.25. The first-order valence-electron chi connectivity index (χ1n) is 7.23. The van der Waals surface area contributed by atoms with E-state index in [2.05, 4.69) is 20.8 Å². The zero-order valence-corrected chi connectivity index (χ0v) is 12.1. The van der Waals surface area contributed by atoms with E-state index in [1.54, 1.807) is 0 Å². The van der Waals surface area contributed by atoms with Crippen molar-refractivity contribution in [2.75, 3.05) is 6.61 Å². The topological polar surface area (TPSA) is 12.5 Å². The molecule has 17 heavy (non-hydrogen) atoms. The number of rotatable bonds is 1. The van der Waals surface area contributed by atoms with Gasteiger partial charge in [0.2, 0.25) is 0 Å². The van der Waals surface area contributed by atoms with Crippen LogP contribution in [0.3, 0.4) is 0 Å². The molecule has 3 rings (SSSR count). The Kier molecular flexibility index (Phi) is 2.80. The van der Waals surface area contributed by atoms with Gasteiger partial charge in [0.15, 0.2) is 0 Å². The van der Waals surface area contributed by atoms with Crippen molar-refractivity contribution in [1.82, 2.24) is 0 Å². The van der Waals surface area contributed by atoms with E-state index in [1.165, 1.54) is 32.1 Å². The fourth-order valence-corrected chi connectivity index (χ4v) is 4.73. The Morgan fingerprint density at radius 3 is 2.47 bits per heavy atom. The summed E-state index contributed by atoms with van der Waals surface area (Å²) < 4.78 is 5.68. The molecule has 1 unspecified atom stereocenters. The smallest absolute Gasteiger partial charge is 0.0916 e. The molecule has 2 aliphatic carbocycles. The fraction of sp³-hybridized carbons (Fsp3) is 1.00. The Morgan fingerprint density at radius 2 is 1.82 bits per heavy atom. The van der Waals surface area contributed by atoms with Crippen molar-refractivity contribution in [1.29, 1.82) is 0 Å². The molecule has 0 aromatic heterocycles. The van der Waals surface area contributed by atoms with Crippen molar-refractivity contribution in [2.24, 2.45) is 23.2 Å². The van der Waals surface area contributed by atoms with Crippen LogP contribution in [0.1, 0.15) is 52.9 Å². The molecular weight excluding hydrogens is 232 g/mol. The molecule has 0 amide bonds. The first-order valence-corrected chi connectivity index (χ1v) is 7.66. The number of alkyl halides is 1. The van der Waals surface area contributed by atoms with Gasteiger partial charge in [-0.3, -0.25) is 0 Å². The quantitative estimate of drug-likeness (QED) is 0.505. The van der Waals surface area contributed by atoms with Gasteiger partial charge in [0.25, 0.3) is 0 Å². The summed E-state index contributed by atoms with van der Waals surface area (Å²) in [5, 5.41) is 0.403. The molecule has 0 radical (unpaired) electrons. The largest absolute Gasteiger partial charge is 0.370 e. The number of halogens is 1. The van der Waals surface area contributed by atoms with Gasteiger partial charge in [0.05, 0.1) is 12.2 Å². The second-order valence-corrected chi connectivity index (χ2v) is 7.81. The van der Waals surface area contributed by atoms with E-state index in [0.717, 1.165) is 18.4 Å². The highest BCUT2D eigenvalue weighted by Gasteiger charge is 2.54. The summed E-state index contributed by atoms with van der Waals surface area (Å²) >= 11 is 6.50. The third-order valence-electron chi connectivity index (χ3n) is 6.16. The minimum absolute atomic E-state index is 0.223. The van der Waals surface area contributed by atoms with Crippen molar-refractivity contribution >= 4 is 11.6 Å².